The molecule has 3 aromatic carbocycles. The molecule has 0 bridgehead atoms. The fourth-order valence-electron chi connectivity index (χ4n) is 5.56. The predicted molar refractivity (Wildman–Crippen MR) is 144 cm³/mol. The van der Waals surface area contributed by atoms with Crippen LogP contribution in [0.1, 0.15) is 40.4 Å². The van der Waals surface area contributed by atoms with Crippen molar-refractivity contribution >= 4 is 10.9 Å². The van der Waals surface area contributed by atoms with Gasteiger partial charge in [-0.1, -0.05) is 55.5 Å². The van der Waals surface area contributed by atoms with Gasteiger partial charge in [-0.05, 0) is 60.7 Å². The molecule has 4 nitrogen and oxygen atoms in total. The van der Waals surface area contributed by atoms with Crippen LogP contribution < -0.4 is 0 Å². The third kappa shape index (κ3) is 3.88. The van der Waals surface area contributed by atoms with E-state index in [1.165, 1.54) is 61.4 Å². The van der Waals surface area contributed by atoms with Crippen molar-refractivity contribution in [1.29, 1.82) is 0 Å². The van der Waals surface area contributed by atoms with Crippen LogP contribution in [0.2, 0.25) is 0 Å². The van der Waals surface area contributed by atoms with Crippen molar-refractivity contribution in [2.24, 2.45) is 0 Å². The summed E-state index contributed by atoms with van der Waals surface area (Å²) in [5.74, 6) is 0. The summed E-state index contributed by atoms with van der Waals surface area (Å²) in [7, 11) is 0. The van der Waals surface area contributed by atoms with Crippen LogP contribution in [0.5, 0.6) is 0 Å². The second-order valence-electron chi connectivity index (χ2n) is 9.79. The van der Waals surface area contributed by atoms with Crippen molar-refractivity contribution in [3.05, 3.63) is 106 Å². The molecule has 0 spiro atoms. The highest BCUT2D eigenvalue weighted by molar-refractivity contribution is 5.85. The lowest BCUT2D eigenvalue weighted by Crippen LogP contribution is -2.30. The predicted octanol–water partition coefficient (Wildman–Crippen LogP) is 6.76. The summed E-state index contributed by atoms with van der Waals surface area (Å²) in [6.07, 6.45) is 3.97. The molecule has 0 fully saturated rings. The molecule has 3 heterocycles. The number of hydrogen-bond acceptors (Lipinski definition) is 2. The van der Waals surface area contributed by atoms with Crippen LogP contribution in [0.25, 0.3) is 27.8 Å². The molecule has 6 rings (SSSR count). The van der Waals surface area contributed by atoms with Crippen molar-refractivity contribution in [3.8, 4) is 16.9 Å². The van der Waals surface area contributed by atoms with Crippen molar-refractivity contribution < 1.29 is 0 Å². The molecule has 1 N–H and O–H groups in total. The summed E-state index contributed by atoms with van der Waals surface area (Å²) >= 11 is 0. The number of H-pyrrole nitrogens is 1. The average Bonchev–Trinajstić information content (AvgIpc) is 3.49. The standard InChI is InChI=1S/C31H32N4/c1-4-23-11-7-9-22(3)30(23)35-31(25-12-13-28-24(18-25)14-16-32-28)27-20-34(17-15-29(27)33-35)19-26-10-6-5-8-21(26)2/h5-14,16,18,32H,4,15,17,19-20H2,1-3H3. The summed E-state index contributed by atoms with van der Waals surface area (Å²) in [4.78, 5) is 5.91. The molecule has 2 aromatic heterocycles. The summed E-state index contributed by atoms with van der Waals surface area (Å²) in [5.41, 5.74) is 12.8. The summed E-state index contributed by atoms with van der Waals surface area (Å²) < 4.78 is 2.25. The van der Waals surface area contributed by atoms with Crippen LogP contribution in [0, 0.1) is 13.8 Å². The van der Waals surface area contributed by atoms with Gasteiger partial charge in [0.1, 0.15) is 0 Å². The maximum atomic E-state index is 5.28. The average molecular weight is 461 g/mol. The van der Waals surface area contributed by atoms with Crippen LogP contribution in [-0.2, 0) is 25.9 Å². The first-order valence-corrected chi connectivity index (χ1v) is 12.7. The third-order valence-electron chi connectivity index (χ3n) is 7.51. The van der Waals surface area contributed by atoms with E-state index in [1.807, 2.05) is 6.20 Å². The number of rotatable bonds is 5. The first-order chi connectivity index (χ1) is 17.1. The molecule has 0 saturated heterocycles. The Hall–Kier alpha value is -3.63. The highest BCUT2D eigenvalue weighted by Crippen LogP contribution is 2.36. The monoisotopic (exact) mass is 460 g/mol. The van der Waals surface area contributed by atoms with E-state index < -0.39 is 0 Å². The summed E-state index contributed by atoms with van der Waals surface area (Å²) in [5, 5.41) is 6.51. The van der Waals surface area contributed by atoms with Crippen molar-refractivity contribution in [1.82, 2.24) is 19.7 Å². The van der Waals surface area contributed by atoms with Gasteiger partial charge < -0.3 is 4.98 Å². The van der Waals surface area contributed by atoms with Crippen LogP contribution in [-0.4, -0.2) is 26.2 Å². The first-order valence-electron chi connectivity index (χ1n) is 12.7. The largest absolute Gasteiger partial charge is 0.361 e. The Bertz CT molecular complexity index is 1520. The molecular weight excluding hydrogens is 428 g/mol. The quantitative estimate of drug-likeness (QED) is 0.315. The molecule has 0 aliphatic carbocycles. The fraction of sp³-hybridized carbons (Fsp3) is 0.258. The number of aromatic amines is 1. The van der Waals surface area contributed by atoms with E-state index in [1.54, 1.807) is 0 Å². The molecular formula is C31H32N4. The number of aromatic nitrogens is 3. The highest BCUT2D eigenvalue weighted by Gasteiger charge is 2.27. The van der Waals surface area contributed by atoms with Crippen LogP contribution in [0.4, 0.5) is 0 Å². The van der Waals surface area contributed by atoms with E-state index in [-0.39, 0.29) is 0 Å². The number of para-hydroxylation sites is 1. The lowest BCUT2D eigenvalue weighted by atomic mass is 9.98. The van der Waals surface area contributed by atoms with Gasteiger partial charge >= 0.3 is 0 Å². The summed E-state index contributed by atoms with van der Waals surface area (Å²) in [6.45, 7) is 9.57. The molecule has 0 saturated carbocycles. The molecule has 1 aliphatic rings. The van der Waals surface area contributed by atoms with Crippen LogP contribution in [0.3, 0.4) is 0 Å². The highest BCUT2D eigenvalue weighted by atomic mass is 15.3. The molecule has 5 aromatic rings. The minimum atomic E-state index is 0.914. The van der Waals surface area contributed by atoms with Gasteiger partial charge in [-0.3, -0.25) is 4.90 Å². The van der Waals surface area contributed by atoms with Crippen molar-refractivity contribution in [3.63, 3.8) is 0 Å². The zero-order valence-electron chi connectivity index (χ0n) is 20.8. The van der Waals surface area contributed by atoms with Gasteiger partial charge in [-0.15, -0.1) is 0 Å². The van der Waals surface area contributed by atoms with Crippen LogP contribution >= 0.6 is 0 Å². The minimum absolute atomic E-state index is 0.914. The van der Waals surface area contributed by atoms with Crippen molar-refractivity contribution in [2.45, 2.75) is 46.7 Å². The third-order valence-corrected chi connectivity index (χ3v) is 7.51. The Morgan fingerprint density at radius 1 is 0.914 bits per heavy atom. The van der Waals surface area contributed by atoms with E-state index in [9.17, 15) is 0 Å². The Balaban J connectivity index is 1.50. The molecule has 1 aliphatic heterocycles. The second-order valence-corrected chi connectivity index (χ2v) is 9.79. The second kappa shape index (κ2) is 8.86. The maximum Gasteiger partial charge on any atom is 0.0789 e. The number of aryl methyl sites for hydroxylation is 3. The van der Waals surface area contributed by atoms with Crippen molar-refractivity contribution in [2.75, 3.05) is 6.54 Å². The van der Waals surface area contributed by atoms with E-state index in [0.29, 0.717) is 0 Å². The number of hydrogen-bond donors (Lipinski definition) is 1. The van der Waals surface area contributed by atoms with E-state index in [0.717, 1.165) is 32.5 Å². The molecule has 176 valence electrons. The number of nitrogens with one attached hydrogen (secondary N) is 1. The molecule has 4 heteroatoms. The lowest BCUT2D eigenvalue weighted by Gasteiger charge is -2.27. The minimum Gasteiger partial charge on any atom is -0.361 e. The zero-order valence-corrected chi connectivity index (χ0v) is 20.8. The zero-order chi connectivity index (χ0) is 23.9. The van der Waals surface area contributed by atoms with Gasteiger partial charge in [0.05, 0.1) is 17.1 Å². The normalized spacial score (nSPS) is 13.9. The topological polar surface area (TPSA) is 36.9 Å². The molecule has 0 atom stereocenters. The number of nitrogens with zero attached hydrogens (tertiary/aromatic N) is 3. The van der Waals surface area contributed by atoms with Gasteiger partial charge in [0.15, 0.2) is 0 Å². The Labute approximate surface area is 207 Å². The molecule has 0 unspecified atom stereocenters. The summed E-state index contributed by atoms with van der Waals surface area (Å²) in [6, 6.07) is 24.3. The fourth-order valence-corrected chi connectivity index (χ4v) is 5.56. The van der Waals surface area contributed by atoms with E-state index in [2.05, 4.69) is 102 Å². The number of benzene rings is 3. The molecule has 0 amide bonds. The first kappa shape index (κ1) is 21.9. The van der Waals surface area contributed by atoms with Gasteiger partial charge in [-0.25, -0.2) is 4.68 Å². The SMILES string of the molecule is CCc1cccc(C)c1-n1nc2c(c1-c1ccc3[nH]ccc3c1)CN(Cc1ccccc1C)CC2. The van der Waals surface area contributed by atoms with E-state index in [4.69, 9.17) is 5.10 Å². The van der Waals surface area contributed by atoms with E-state index >= 15 is 0 Å². The van der Waals surface area contributed by atoms with Crippen LogP contribution in [0.15, 0.2) is 72.9 Å². The van der Waals surface area contributed by atoms with Gasteiger partial charge in [0, 0.05) is 54.3 Å². The van der Waals surface area contributed by atoms with Gasteiger partial charge in [-0.2, -0.15) is 5.10 Å². The maximum absolute atomic E-state index is 5.28. The Kier molecular flexibility index (Phi) is 5.54. The number of fused-ring (bicyclic) bond motifs is 2. The molecule has 35 heavy (non-hydrogen) atoms. The Morgan fingerprint density at radius 2 is 1.74 bits per heavy atom. The Morgan fingerprint density at radius 3 is 2.60 bits per heavy atom. The molecule has 0 radical (unpaired) electrons. The lowest BCUT2D eigenvalue weighted by molar-refractivity contribution is 0.244. The smallest absolute Gasteiger partial charge is 0.0789 e. The van der Waals surface area contributed by atoms with Gasteiger partial charge in [0.25, 0.3) is 0 Å². The van der Waals surface area contributed by atoms with Gasteiger partial charge in [0.2, 0.25) is 0 Å².